The molecular weight excluding hydrogens is 416 g/mol. The summed E-state index contributed by atoms with van der Waals surface area (Å²) in [4.78, 5) is 0. The normalized spacial score (nSPS) is 21.1. The van der Waals surface area contributed by atoms with Crippen molar-refractivity contribution in [3.63, 3.8) is 0 Å². The fourth-order valence-corrected chi connectivity index (χ4v) is 5.17. The van der Waals surface area contributed by atoms with Crippen molar-refractivity contribution in [1.82, 2.24) is 0 Å². The summed E-state index contributed by atoms with van der Waals surface area (Å²) in [7, 11) is 0. The van der Waals surface area contributed by atoms with E-state index in [1.165, 1.54) is 45.9 Å². The van der Waals surface area contributed by atoms with E-state index in [1.54, 1.807) is 0 Å². The van der Waals surface area contributed by atoms with E-state index >= 15 is 0 Å². The Hall–Kier alpha value is -3.78. The summed E-state index contributed by atoms with van der Waals surface area (Å²) in [6.07, 6.45) is 12.8. The Balaban J connectivity index is 0.00000158. The molecule has 0 aromatic heterocycles. The van der Waals surface area contributed by atoms with E-state index < -0.39 is 0 Å². The van der Waals surface area contributed by atoms with Crippen LogP contribution in [0.2, 0.25) is 0 Å². The lowest BCUT2D eigenvalue weighted by molar-refractivity contribution is 0.355. The summed E-state index contributed by atoms with van der Waals surface area (Å²) in [6, 6.07) is 17.2. The van der Waals surface area contributed by atoms with Crippen molar-refractivity contribution in [2.45, 2.75) is 32.6 Å². The highest BCUT2D eigenvalue weighted by Crippen LogP contribution is 2.58. The molecule has 0 fully saturated rings. The minimum atomic E-state index is -0.380. The minimum absolute atomic E-state index is 0.380. The standard InChI is InChI=1S/C30H30O2.C2H4/c1-6-31-23(5)16-15-22(4)30(24-17-19-25(20-18-24)32-7-2)27-13-9-8-12-26(27)29-21(3)11-10-14-28(29)30;1-2/h6-10,12-21H,1-2,11H2,3-5H3;1-2H2/b22-15+,23-16+;. The van der Waals surface area contributed by atoms with Gasteiger partial charge < -0.3 is 9.47 Å². The van der Waals surface area contributed by atoms with Crippen LogP contribution in [0.15, 0.2) is 129 Å². The molecule has 2 aliphatic rings. The van der Waals surface area contributed by atoms with Gasteiger partial charge in [0.15, 0.2) is 0 Å². The number of allylic oxidation sites excluding steroid dienone is 8. The van der Waals surface area contributed by atoms with Crippen molar-refractivity contribution in [2.24, 2.45) is 5.92 Å². The number of hydrogen-bond acceptors (Lipinski definition) is 2. The third-order valence-electron chi connectivity index (χ3n) is 6.52. The van der Waals surface area contributed by atoms with E-state index in [2.05, 4.69) is 94.8 Å². The average Bonchev–Trinajstić information content (AvgIpc) is 3.17. The molecule has 0 radical (unpaired) electrons. The maximum atomic E-state index is 5.50. The Bertz CT molecular complexity index is 1170. The Morgan fingerprint density at radius 2 is 1.68 bits per heavy atom. The van der Waals surface area contributed by atoms with Gasteiger partial charge in [0, 0.05) is 0 Å². The number of fused-ring (bicyclic) bond motifs is 2. The third kappa shape index (κ3) is 4.24. The van der Waals surface area contributed by atoms with Gasteiger partial charge in [0.1, 0.15) is 11.5 Å². The Morgan fingerprint density at radius 3 is 2.35 bits per heavy atom. The number of rotatable bonds is 7. The van der Waals surface area contributed by atoms with Crippen LogP contribution in [-0.2, 0) is 10.2 Å². The van der Waals surface area contributed by atoms with Crippen LogP contribution in [0.1, 0.15) is 43.9 Å². The highest BCUT2D eigenvalue weighted by Gasteiger charge is 2.47. The zero-order valence-electron chi connectivity index (χ0n) is 20.5. The number of hydrogen-bond donors (Lipinski definition) is 0. The molecule has 0 amide bonds. The van der Waals surface area contributed by atoms with E-state index in [0.717, 1.165) is 17.9 Å². The molecule has 2 heteroatoms. The topological polar surface area (TPSA) is 18.5 Å². The van der Waals surface area contributed by atoms with Gasteiger partial charge in [0.25, 0.3) is 0 Å². The van der Waals surface area contributed by atoms with E-state index in [-0.39, 0.29) is 5.41 Å². The minimum Gasteiger partial charge on any atom is -0.470 e. The van der Waals surface area contributed by atoms with Crippen molar-refractivity contribution in [3.05, 3.63) is 145 Å². The summed E-state index contributed by atoms with van der Waals surface area (Å²) in [5.41, 5.74) is 7.55. The van der Waals surface area contributed by atoms with Gasteiger partial charge in [-0.3, -0.25) is 0 Å². The van der Waals surface area contributed by atoms with Crippen LogP contribution < -0.4 is 4.74 Å². The van der Waals surface area contributed by atoms with Gasteiger partial charge in [-0.25, -0.2) is 0 Å². The molecule has 0 saturated carbocycles. The first kappa shape index (κ1) is 24.9. The first-order valence-corrected chi connectivity index (χ1v) is 11.6. The Morgan fingerprint density at radius 1 is 0.971 bits per heavy atom. The van der Waals surface area contributed by atoms with E-state index in [0.29, 0.717) is 5.92 Å². The lowest BCUT2D eigenvalue weighted by Gasteiger charge is -2.36. The number of ether oxygens (including phenoxy) is 2. The highest BCUT2D eigenvalue weighted by atomic mass is 16.5. The van der Waals surface area contributed by atoms with Crippen molar-refractivity contribution < 1.29 is 9.47 Å². The molecule has 0 aliphatic heterocycles. The Kier molecular flexibility index (Phi) is 7.96. The maximum absolute atomic E-state index is 5.50. The zero-order chi connectivity index (χ0) is 24.7. The second-order valence-electron chi connectivity index (χ2n) is 8.38. The van der Waals surface area contributed by atoms with Crippen LogP contribution in [0.4, 0.5) is 0 Å². The van der Waals surface area contributed by atoms with Crippen LogP contribution >= 0.6 is 0 Å². The summed E-state index contributed by atoms with van der Waals surface area (Å²) >= 11 is 0. The fourth-order valence-electron chi connectivity index (χ4n) is 5.17. The van der Waals surface area contributed by atoms with Gasteiger partial charge in [0.2, 0.25) is 0 Å². The van der Waals surface area contributed by atoms with Crippen LogP contribution in [-0.4, -0.2) is 0 Å². The summed E-state index contributed by atoms with van der Waals surface area (Å²) in [5, 5.41) is 0. The van der Waals surface area contributed by atoms with Crippen molar-refractivity contribution >= 4 is 5.57 Å². The molecule has 0 spiro atoms. The zero-order valence-corrected chi connectivity index (χ0v) is 20.5. The molecule has 0 saturated heterocycles. The molecular formula is C32H34O2. The number of benzene rings is 2. The molecule has 2 aromatic carbocycles. The highest BCUT2D eigenvalue weighted by molar-refractivity contribution is 5.88. The van der Waals surface area contributed by atoms with Gasteiger partial charge in [-0.05, 0) is 72.2 Å². The summed E-state index contributed by atoms with van der Waals surface area (Å²) < 4.78 is 11.0. The smallest absolute Gasteiger partial charge is 0.126 e. The second-order valence-corrected chi connectivity index (χ2v) is 8.38. The average molecular weight is 451 g/mol. The summed E-state index contributed by atoms with van der Waals surface area (Å²) in [5.74, 6) is 2.05. The monoisotopic (exact) mass is 450 g/mol. The van der Waals surface area contributed by atoms with E-state index in [1.807, 2.05) is 25.1 Å². The summed E-state index contributed by atoms with van der Waals surface area (Å²) in [6.45, 7) is 19.8. The van der Waals surface area contributed by atoms with Crippen molar-refractivity contribution in [2.75, 3.05) is 0 Å². The molecule has 34 heavy (non-hydrogen) atoms. The fraction of sp³-hybridized carbons (Fsp3) is 0.188. The molecule has 2 aliphatic carbocycles. The SMILES string of the molecule is C=C.C=CO/C(C)=C/C=C(\C)C1(c2ccc(OC=C)cc2)C2=C(c3ccccc31)C(C)CC=C2. The first-order valence-electron chi connectivity index (χ1n) is 11.6. The van der Waals surface area contributed by atoms with Gasteiger partial charge >= 0.3 is 0 Å². The molecule has 2 unspecified atom stereocenters. The van der Waals surface area contributed by atoms with Gasteiger partial charge in [-0.1, -0.05) is 80.3 Å². The molecule has 0 heterocycles. The Labute approximate surface area is 204 Å². The van der Waals surface area contributed by atoms with Crippen LogP contribution in [0.3, 0.4) is 0 Å². The van der Waals surface area contributed by atoms with Gasteiger partial charge in [-0.15, -0.1) is 13.2 Å². The quantitative estimate of drug-likeness (QED) is 0.239. The first-order chi connectivity index (χ1) is 16.5. The van der Waals surface area contributed by atoms with Crippen molar-refractivity contribution in [1.29, 1.82) is 0 Å². The van der Waals surface area contributed by atoms with Crippen molar-refractivity contribution in [3.8, 4) is 5.75 Å². The molecule has 2 atom stereocenters. The molecule has 0 N–H and O–H groups in total. The molecule has 2 aromatic rings. The maximum Gasteiger partial charge on any atom is 0.126 e. The lowest BCUT2D eigenvalue weighted by atomic mass is 9.66. The third-order valence-corrected chi connectivity index (χ3v) is 6.52. The predicted molar refractivity (Wildman–Crippen MR) is 144 cm³/mol. The van der Waals surface area contributed by atoms with E-state index in [9.17, 15) is 0 Å². The van der Waals surface area contributed by atoms with Gasteiger partial charge in [-0.2, -0.15) is 0 Å². The predicted octanol–water partition coefficient (Wildman–Crippen LogP) is 8.67. The van der Waals surface area contributed by atoms with Crippen LogP contribution in [0, 0.1) is 5.92 Å². The largest absolute Gasteiger partial charge is 0.470 e. The van der Waals surface area contributed by atoms with Crippen LogP contribution in [0.25, 0.3) is 5.57 Å². The molecule has 174 valence electrons. The molecule has 2 nitrogen and oxygen atoms in total. The molecule has 4 rings (SSSR count). The lowest BCUT2D eigenvalue weighted by Crippen LogP contribution is -2.29. The van der Waals surface area contributed by atoms with Gasteiger partial charge in [0.05, 0.1) is 17.9 Å². The molecule has 0 bridgehead atoms. The van der Waals surface area contributed by atoms with Crippen LogP contribution in [0.5, 0.6) is 5.75 Å². The second kappa shape index (κ2) is 10.9. The van der Waals surface area contributed by atoms with E-state index in [4.69, 9.17) is 9.47 Å².